The number of benzene rings is 3. The van der Waals surface area contributed by atoms with Gasteiger partial charge in [0.05, 0.1) is 16.3 Å². The number of nitrogens with two attached hydrogens (primary N) is 1. The number of nitrogens with zero attached hydrogens (tertiary/aromatic N) is 3. The first-order valence-corrected chi connectivity index (χ1v) is 11.8. The molecule has 0 aliphatic carbocycles. The monoisotopic (exact) mass is 460 g/mol. The van der Waals surface area contributed by atoms with Gasteiger partial charge in [0, 0.05) is 36.5 Å². The Morgan fingerprint density at radius 3 is 2.27 bits per heavy atom. The zero-order chi connectivity index (χ0) is 23.6. The summed E-state index contributed by atoms with van der Waals surface area (Å²) in [6.07, 6.45) is 1.84. The Bertz CT molecular complexity index is 1400. The molecule has 0 saturated heterocycles. The van der Waals surface area contributed by atoms with Crippen LogP contribution in [0.4, 0.5) is 0 Å². The van der Waals surface area contributed by atoms with Gasteiger partial charge in [0.15, 0.2) is 0 Å². The zero-order valence-corrected chi connectivity index (χ0v) is 19.2. The quantitative estimate of drug-likeness (QED) is 0.454. The first-order chi connectivity index (χ1) is 15.8. The summed E-state index contributed by atoms with van der Waals surface area (Å²) in [6.45, 7) is 1.81. The van der Waals surface area contributed by atoms with Crippen molar-refractivity contribution in [3.8, 4) is 16.9 Å². The van der Waals surface area contributed by atoms with Crippen LogP contribution in [0.3, 0.4) is 0 Å². The fourth-order valence-electron chi connectivity index (χ4n) is 3.61. The van der Waals surface area contributed by atoms with Gasteiger partial charge >= 0.3 is 0 Å². The molecule has 7 nitrogen and oxygen atoms in total. The van der Waals surface area contributed by atoms with Crippen molar-refractivity contribution in [2.45, 2.75) is 18.4 Å². The number of hydrogen-bond donors (Lipinski definition) is 1. The van der Waals surface area contributed by atoms with Crippen molar-refractivity contribution in [2.75, 3.05) is 7.05 Å². The van der Waals surface area contributed by atoms with Gasteiger partial charge in [-0.1, -0.05) is 54.6 Å². The molecule has 8 heteroatoms. The van der Waals surface area contributed by atoms with Crippen molar-refractivity contribution in [3.63, 3.8) is 0 Å². The Morgan fingerprint density at radius 2 is 1.64 bits per heavy atom. The molecule has 3 aromatic carbocycles. The van der Waals surface area contributed by atoms with E-state index >= 15 is 0 Å². The number of aryl methyl sites for hydroxylation is 1. The van der Waals surface area contributed by atoms with E-state index < -0.39 is 15.9 Å². The maximum absolute atomic E-state index is 13.3. The molecule has 0 radical (unpaired) electrons. The van der Waals surface area contributed by atoms with E-state index in [1.807, 2.05) is 66.9 Å². The van der Waals surface area contributed by atoms with Crippen LogP contribution in [0.25, 0.3) is 16.9 Å². The number of rotatable bonds is 7. The van der Waals surface area contributed by atoms with Crippen LogP contribution in [0.5, 0.6) is 0 Å². The average molecular weight is 461 g/mol. The SMILES string of the molecule is Cc1ccc(S(=O)(=O)N(C)Cc2cn(-c3ccccc3)nc2-c2ccccc2)cc1C(N)=O. The maximum Gasteiger partial charge on any atom is 0.249 e. The first kappa shape index (κ1) is 22.4. The third kappa shape index (κ3) is 4.57. The number of primary amides is 1. The van der Waals surface area contributed by atoms with Crippen LogP contribution in [0, 0.1) is 6.92 Å². The number of carbonyl (C=O) groups excluding carboxylic acids is 1. The summed E-state index contributed by atoms with van der Waals surface area (Å²) in [4.78, 5) is 11.7. The molecule has 0 saturated carbocycles. The Balaban J connectivity index is 1.73. The molecule has 0 spiro atoms. The molecular weight excluding hydrogens is 436 g/mol. The molecule has 1 heterocycles. The maximum atomic E-state index is 13.3. The Kier molecular flexibility index (Phi) is 6.13. The van der Waals surface area contributed by atoms with Crippen molar-refractivity contribution in [2.24, 2.45) is 5.73 Å². The fourth-order valence-corrected chi connectivity index (χ4v) is 4.79. The van der Waals surface area contributed by atoms with E-state index in [4.69, 9.17) is 10.8 Å². The lowest BCUT2D eigenvalue weighted by molar-refractivity contribution is 0.0999. The van der Waals surface area contributed by atoms with Gasteiger partial charge in [0.25, 0.3) is 0 Å². The van der Waals surface area contributed by atoms with Gasteiger partial charge in [-0.25, -0.2) is 13.1 Å². The summed E-state index contributed by atoms with van der Waals surface area (Å²) >= 11 is 0. The average Bonchev–Trinajstić information content (AvgIpc) is 3.24. The second-order valence-corrected chi connectivity index (χ2v) is 9.80. The lowest BCUT2D eigenvalue weighted by atomic mass is 10.1. The highest BCUT2D eigenvalue weighted by atomic mass is 32.2. The molecule has 1 aromatic heterocycles. The van der Waals surface area contributed by atoms with Crippen molar-refractivity contribution in [1.29, 1.82) is 0 Å². The van der Waals surface area contributed by atoms with Crippen LogP contribution in [-0.2, 0) is 16.6 Å². The third-order valence-electron chi connectivity index (χ3n) is 5.43. The minimum absolute atomic E-state index is 0.0149. The van der Waals surface area contributed by atoms with Crippen LogP contribution >= 0.6 is 0 Å². The predicted octanol–water partition coefficient (Wildman–Crippen LogP) is 3.77. The van der Waals surface area contributed by atoms with Crippen LogP contribution in [0.1, 0.15) is 21.5 Å². The normalized spacial score (nSPS) is 11.6. The molecule has 0 aliphatic rings. The summed E-state index contributed by atoms with van der Waals surface area (Å²) in [6, 6.07) is 23.7. The molecule has 0 aliphatic heterocycles. The minimum atomic E-state index is -3.88. The number of aromatic nitrogens is 2. The highest BCUT2D eigenvalue weighted by Gasteiger charge is 2.25. The Labute approximate surface area is 193 Å². The second-order valence-electron chi connectivity index (χ2n) is 7.75. The van der Waals surface area contributed by atoms with Gasteiger partial charge in [0.2, 0.25) is 15.9 Å². The van der Waals surface area contributed by atoms with Crippen LogP contribution in [0.15, 0.2) is 90.0 Å². The molecule has 0 bridgehead atoms. The summed E-state index contributed by atoms with van der Waals surface area (Å²) < 4.78 is 29.6. The molecule has 0 fully saturated rings. The predicted molar refractivity (Wildman–Crippen MR) is 127 cm³/mol. The van der Waals surface area contributed by atoms with E-state index in [2.05, 4.69) is 0 Å². The smallest absolute Gasteiger partial charge is 0.249 e. The van der Waals surface area contributed by atoms with Gasteiger partial charge in [-0.3, -0.25) is 4.79 Å². The standard InChI is InChI=1S/C25H24N4O3S/c1-18-13-14-22(15-23(18)25(26)30)33(31,32)28(2)16-20-17-29(21-11-7-4-8-12-21)27-24(20)19-9-5-3-6-10-19/h3-15,17H,16H2,1-2H3,(H2,26,30). The second kappa shape index (κ2) is 9.01. The number of hydrogen-bond acceptors (Lipinski definition) is 4. The summed E-state index contributed by atoms with van der Waals surface area (Å²) in [5, 5.41) is 4.74. The van der Waals surface area contributed by atoms with E-state index in [1.165, 1.54) is 23.5 Å². The first-order valence-electron chi connectivity index (χ1n) is 10.3. The number of sulfonamides is 1. The molecule has 0 atom stereocenters. The highest BCUT2D eigenvalue weighted by molar-refractivity contribution is 7.89. The molecule has 4 rings (SSSR count). The van der Waals surface area contributed by atoms with Gasteiger partial charge in [-0.05, 0) is 36.8 Å². The van der Waals surface area contributed by atoms with Gasteiger partial charge in [-0.15, -0.1) is 0 Å². The van der Waals surface area contributed by atoms with Gasteiger partial charge in [0.1, 0.15) is 0 Å². The number of para-hydroxylation sites is 1. The van der Waals surface area contributed by atoms with Crippen molar-refractivity contribution < 1.29 is 13.2 Å². The third-order valence-corrected chi connectivity index (χ3v) is 7.23. The molecule has 0 unspecified atom stereocenters. The molecular formula is C25H24N4O3S. The van der Waals surface area contributed by atoms with Crippen LogP contribution in [-0.4, -0.2) is 35.5 Å². The van der Waals surface area contributed by atoms with Gasteiger partial charge < -0.3 is 5.73 Å². The van der Waals surface area contributed by atoms with Gasteiger partial charge in [-0.2, -0.15) is 9.40 Å². The molecule has 2 N–H and O–H groups in total. The zero-order valence-electron chi connectivity index (χ0n) is 18.3. The molecule has 33 heavy (non-hydrogen) atoms. The minimum Gasteiger partial charge on any atom is -0.366 e. The summed E-state index contributed by atoms with van der Waals surface area (Å²) in [5.41, 5.74) is 9.43. The van der Waals surface area contributed by atoms with Crippen molar-refractivity contribution >= 4 is 15.9 Å². The van der Waals surface area contributed by atoms with E-state index in [-0.39, 0.29) is 17.0 Å². The lowest BCUT2D eigenvalue weighted by Crippen LogP contribution is -2.27. The highest BCUT2D eigenvalue weighted by Crippen LogP contribution is 2.27. The lowest BCUT2D eigenvalue weighted by Gasteiger charge is -2.18. The Morgan fingerprint density at radius 1 is 1.00 bits per heavy atom. The number of amides is 1. The van der Waals surface area contributed by atoms with Crippen molar-refractivity contribution in [3.05, 3.63) is 102 Å². The fraction of sp³-hybridized carbons (Fsp3) is 0.120. The van der Waals surface area contributed by atoms with Crippen molar-refractivity contribution in [1.82, 2.24) is 14.1 Å². The van der Waals surface area contributed by atoms with E-state index in [0.29, 0.717) is 11.3 Å². The van der Waals surface area contributed by atoms with E-state index in [1.54, 1.807) is 17.7 Å². The number of carbonyl (C=O) groups is 1. The summed E-state index contributed by atoms with van der Waals surface area (Å²) in [5.74, 6) is -0.664. The van der Waals surface area contributed by atoms with Crippen LogP contribution < -0.4 is 5.73 Å². The Hall–Kier alpha value is -3.75. The van der Waals surface area contributed by atoms with Crippen LogP contribution in [0.2, 0.25) is 0 Å². The summed E-state index contributed by atoms with van der Waals surface area (Å²) in [7, 11) is -2.37. The van der Waals surface area contributed by atoms with E-state index in [0.717, 1.165) is 16.8 Å². The topological polar surface area (TPSA) is 98.3 Å². The molecule has 4 aromatic rings. The van der Waals surface area contributed by atoms with E-state index in [9.17, 15) is 13.2 Å². The largest absolute Gasteiger partial charge is 0.366 e. The molecule has 1 amide bonds. The molecule has 168 valence electrons.